The lowest BCUT2D eigenvalue weighted by molar-refractivity contribution is -0.137. The standard InChI is InChI=1S/C21H16ClF3N2O3/c1-13-9-16(22)5-7-18(13)29-12-20(28)27-26-11-17-6-8-19(30-17)14-3-2-4-15(10-14)21(23,24)25/h2-11H,12H2,1H3,(H,27,28)/b26-11-. The van der Waals surface area contributed by atoms with Gasteiger partial charge in [0.1, 0.15) is 17.3 Å². The molecule has 0 saturated heterocycles. The van der Waals surface area contributed by atoms with E-state index in [0.29, 0.717) is 10.8 Å². The lowest BCUT2D eigenvalue weighted by Crippen LogP contribution is -2.24. The highest BCUT2D eigenvalue weighted by Gasteiger charge is 2.30. The van der Waals surface area contributed by atoms with Gasteiger partial charge in [-0.3, -0.25) is 4.79 Å². The number of ether oxygens (including phenoxy) is 1. The van der Waals surface area contributed by atoms with Crippen molar-refractivity contribution in [3.05, 3.63) is 76.5 Å². The Hall–Kier alpha value is -3.26. The van der Waals surface area contributed by atoms with Crippen LogP contribution in [0.3, 0.4) is 0 Å². The lowest BCUT2D eigenvalue weighted by atomic mass is 10.1. The van der Waals surface area contributed by atoms with Gasteiger partial charge in [-0.25, -0.2) is 5.43 Å². The fourth-order valence-electron chi connectivity index (χ4n) is 2.54. The fraction of sp³-hybridized carbons (Fsp3) is 0.143. The van der Waals surface area contributed by atoms with Gasteiger partial charge in [0.2, 0.25) is 0 Å². The van der Waals surface area contributed by atoms with Gasteiger partial charge in [0, 0.05) is 10.6 Å². The Labute approximate surface area is 175 Å². The highest BCUT2D eigenvalue weighted by Crippen LogP contribution is 2.32. The molecule has 0 fully saturated rings. The molecule has 0 aliphatic carbocycles. The van der Waals surface area contributed by atoms with Crippen LogP contribution in [0.25, 0.3) is 11.3 Å². The van der Waals surface area contributed by atoms with Crippen LogP contribution in [0, 0.1) is 6.92 Å². The van der Waals surface area contributed by atoms with Gasteiger partial charge >= 0.3 is 6.18 Å². The van der Waals surface area contributed by atoms with Gasteiger partial charge in [-0.05, 0) is 55.0 Å². The molecule has 0 saturated carbocycles. The Bertz CT molecular complexity index is 1080. The molecule has 3 rings (SSSR count). The third-order valence-electron chi connectivity index (χ3n) is 3.98. The van der Waals surface area contributed by atoms with Crippen molar-refractivity contribution in [2.24, 2.45) is 5.10 Å². The molecule has 0 unspecified atom stereocenters. The monoisotopic (exact) mass is 436 g/mol. The summed E-state index contributed by atoms with van der Waals surface area (Å²) in [6.45, 7) is 1.55. The number of furan rings is 1. The second kappa shape index (κ2) is 9.04. The molecule has 0 aliphatic heterocycles. The summed E-state index contributed by atoms with van der Waals surface area (Å²) < 4.78 is 49.4. The van der Waals surface area contributed by atoms with Gasteiger partial charge in [-0.1, -0.05) is 23.7 Å². The van der Waals surface area contributed by atoms with Crippen LogP contribution in [-0.2, 0) is 11.0 Å². The van der Waals surface area contributed by atoms with E-state index in [-0.39, 0.29) is 23.7 Å². The molecule has 1 heterocycles. The second-order valence-electron chi connectivity index (χ2n) is 6.27. The molecule has 1 aromatic heterocycles. The fourth-order valence-corrected chi connectivity index (χ4v) is 2.77. The molecule has 0 radical (unpaired) electrons. The highest BCUT2D eigenvalue weighted by atomic mass is 35.5. The number of carbonyl (C=O) groups excluding carboxylic acids is 1. The zero-order valence-corrected chi connectivity index (χ0v) is 16.4. The number of aryl methyl sites for hydroxylation is 1. The van der Waals surface area contributed by atoms with Crippen LogP contribution in [0.2, 0.25) is 5.02 Å². The molecule has 0 bridgehead atoms. The van der Waals surface area contributed by atoms with Crippen molar-refractivity contribution in [1.82, 2.24) is 5.43 Å². The SMILES string of the molecule is Cc1cc(Cl)ccc1OCC(=O)N/N=C\c1ccc(-c2cccc(C(F)(F)F)c2)o1. The van der Waals surface area contributed by atoms with Gasteiger partial charge in [0.15, 0.2) is 6.61 Å². The first-order valence-corrected chi connectivity index (χ1v) is 9.08. The third kappa shape index (κ3) is 5.64. The van der Waals surface area contributed by atoms with E-state index in [4.69, 9.17) is 20.8 Å². The maximum atomic E-state index is 12.8. The minimum absolute atomic E-state index is 0.246. The molecule has 0 aliphatic rings. The number of amides is 1. The summed E-state index contributed by atoms with van der Waals surface area (Å²) in [6, 6.07) is 12.9. The number of alkyl halides is 3. The molecule has 1 amide bonds. The quantitative estimate of drug-likeness (QED) is 0.412. The minimum atomic E-state index is -4.44. The van der Waals surface area contributed by atoms with E-state index >= 15 is 0 Å². The number of rotatable bonds is 6. The molecular weight excluding hydrogens is 421 g/mol. The van der Waals surface area contributed by atoms with Crippen LogP contribution >= 0.6 is 11.6 Å². The van der Waals surface area contributed by atoms with E-state index in [2.05, 4.69) is 10.5 Å². The molecule has 3 aromatic rings. The van der Waals surface area contributed by atoms with E-state index in [0.717, 1.165) is 17.7 Å². The average molecular weight is 437 g/mol. The number of hydrazone groups is 1. The van der Waals surface area contributed by atoms with Gasteiger partial charge in [0.05, 0.1) is 11.8 Å². The maximum absolute atomic E-state index is 12.8. The van der Waals surface area contributed by atoms with Crippen LogP contribution in [-0.4, -0.2) is 18.7 Å². The number of halogens is 4. The van der Waals surface area contributed by atoms with Gasteiger partial charge in [0.25, 0.3) is 5.91 Å². The van der Waals surface area contributed by atoms with E-state index in [1.807, 2.05) is 0 Å². The lowest BCUT2D eigenvalue weighted by Gasteiger charge is -2.08. The largest absolute Gasteiger partial charge is 0.483 e. The summed E-state index contributed by atoms with van der Waals surface area (Å²) in [5.41, 5.74) is 2.58. The van der Waals surface area contributed by atoms with Gasteiger partial charge in [-0.2, -0.15) is 18.3 Å². The summed E-state index contributed by atoms with van der Waals surface area (Å²) in [6.07, 6.45) is -3.20. The van der Waals surface area contributed by atoms with Crippen LogP contribution in [0.4, 0.5) is 13.2 Å². The first-order valence-electron chi connectivity index (χ1n) is 8.71. The van der Waals surface area contributed by atoms with E-state index in [9.17, 15) is 18.0 Å². The van der Waals surface area contributed by atoms with E-state index in [1.165, 1.54) is 30.5 Å². The summed E-state index contributed by atoms with van der Waals surface area (Å²) >= 11 is 5.86. The summed E-state index contributed by atoms with van der Waals surface area (Å²) in [4.78, 5) is 11.8. The van der Waals surface area contributed by atoms with Gasteiger partial charge in [-0.15, -0.1) is 0 Å². The molecule has 0 atom stereocenters. The van der Waals surface area contributed by atoms with Crippen molar-refractivity contribution < 1.29 is 27.1 Å². The van der Waals surface area contributed by atoms with Crippen molar-refractivity contribution >= 4 is 23.7 Å². The summed E-state index contributed by atoms with van der Waals surface area (Å²) in [5, 5.41) is 4.32. The average Bonchev–Trinajstić information content (AvgIpc) is 3.16. The third-order valence-corrected chi connectivity index (χ3v) is 4.21. The summed E-state index contributed by atoms with van der Waals surface area (Å²) in [5.74, 6) is 0.535. The molecule has 9 heteroatoms. The molecular formula is C21H16ClF3N2O3. The number of benzene rings is 2. The smallest absolute Gasteiger partial charge is 0.416 e. The number of hydrogen-bond acceptors (Lipinski definition) is 4. The number of carbonyl (C=O) groups is 1. The predicted octanol–water partition coefficient (Wildman–Crippen LogP) is 5.46. The molecule has 1 N–H and O–H groups in total. The molecule has 156 valence electrons. The molecule has 2 aromatic carbocycles. The van der Waals surface area contributed by atoms with Crippen molar-refractivity contribution in [2.45, 2.75) is 13.1 Å². The number of nitrogens with zero attached hydrogens (tertiary/aromatic N) is 1. The number of nitrogens with one attached hydrogen (secondary N) is 1. The molecule has 5 nitrogen and oxygen atoms in total. The van der Waals surface area contributed by atoms with Crippen molar-refractivity contribution in [3.63, 3.8) is 0 Å². The van der Waals surface area contributed by atoms with Crippen molar-refractivity contribution in [1.29, 1.82) is 0 Å². The van der Waals surface area contributed by atoms with E-state index in [1.54, 1.807) is 25.1 Å². The van der Waals surface area contributed by atoms with E-state index < -0.39 is 17.6 Å². The van der Waals surface area contributed by atoms with Crippen LogP contribution < -0.4 is 10.2 Å². The van der Waals surface area contributed by atoms with Crippen LogP contribution in [0.5, 0.6) is 5.75 Å². The van der Waals surface area contributed by atoms with Crippen molar-refractivity contribution in [2.75, 3.05) is 6.61 Å². The van der Waals surface area contributed by atoms with Gasteiger partial charge < -0.3 is 9.15 Å². The second-order valence-corrected chi connectivity index (χ2v) is 6.71. The Balaban J connectivity index is 1.56. The summed E-state index contributed by atoms with van der Waals surface area (Å²) in [7, 11) is 0. The first kappa shape index (κ1) is 21.4. The van der Waals surface area contributed by atoms with Crippen LogP contribution in [0.1, 0.15) is 16.9 Å². The van der Waals surface area contributed by atoms with Crippen LogP contribution in [0.15, 0.2) is 64.1 Å². The highest BCUT2D eigenvalue weighted by molar-refractivity contribution is 6.30. The minimum Gasteiger partial charge on any atom is -0.483 e. The normalized spacial score (nSPS) is 11.6. The zero-order chi connectivity index (χ0) is 21.7. The first-order chi connectivity index (χ1) is 14.2. The topological polar surface area (TPSA) is 63.8 Å². The Morgan fingerprint density at radius 2 is 2.00 bits per heavy atom. The van der Waals surface area contributed by atoms with Crippen molar-refractivity contribution in [3.8, 4) is 17.1 Å². The maximum Gasteiger partial charge on any atom is 0.416 e. The Kier molecular flexibility index (Phi) is 6.47. The predicted molar refractivity (Wildman–Crippen MR) is 107 cm³/mol. The molecule has 0 spiro atoms. The zero-order valence-electron chi connectivity index (χ0n) is 15.7. The Morgan fingerprint density at radius 1 is 1.20 bits per heavy atom. The molecule has 30 heavy (non-hydrogen) atoms. The number of hydrogen-bond donors (Lipinski definition) is 1. The Morgan fingerprint density at radius 3 is 2.73 bits per heavy atom.